The van der Waals surface area contributed by atoms with E-state index in [1.807, 2.05) is 0 Å². The molecule has 7 nitrogen and oxygen atoms in total. The number of hydrogen-bond donors (Lipinski definition) is 1. The highest BCUT2D eigenvalue weighted by atomic mass is 19.1. The molecule has 9 heteroatoms. The molecule has 2 amide bonds. The third-order valence-electron chi connectivity index (χ3n) is 3.31. The Hall–Kier alpha value is -2.84. The van der Waals surface area contributed by atoms with Crippen molar-refractivity contribution < 1.29 is 23.1 Å². The molecule has 3 rings (SSSR count). The van der Waals surface area contributed by atoms with Crippen LogP contribution in [0.4, 0.5) is 8.78 Å². The second kappa shape index (κ2) is 6.11. The molecule has 0 radical (unpaired) electrons. The minimum atomic E-state index is -0.743. The van der Waals surface area contributed by atoms with Gasteiger partial charge < -0.3 is 4.74 Å². The van der Waals surface area contributed by atoms with Gasteiger partial charge in [0.2, 0.25) is 5.91 Å². The van der Waals surface area contributed by atoms with Crippen LogP contribution in [0.2, 0.25) is 0 Å². The molecule has 0 aliphatic carbocycles. The lowest BCUT2D eigenvalue weighted by Gasteiger charge is -2.20. The Labute approximate surface area is 129 Å². The van der Waals surface area contributed by atoms with Crippen molar-refractivity contribution in [3.63, 3.8) is 0 Å². The minimum absolute atomic E-state index is 0.0260. The van der Waals surface area contributed by atoms with Crippen molar-refractivity contribution in [3.8, 4) is 5.75 Å². The first kappa shape index (κ1) is 15.1. The third-order valence-corrected chi connectivity index (χ3v) is 3.31. The van der Waals surface area contributed by atoms with E-state index in [9.17, 15) is 18.4 Å². The van der Waals surface area contributed by atoms with E-state index in [2.05, 4.69) is 15.6 Å². The van der Waals surface area contributed by atoms with Crippen LogP contribution >= 0.6 is 0 Å². The predicted molar refractivity (Wildman–Crippen MR) is 72.1 cm³/mol. The maximum atomic E-state index is 13.1. The number of carbonyl (C=O) groups is 2. The van der Waals surface area contributed by atoms with Crippen LogP contribution in [0.5, 0.6) is 5.75 Å². The summed E-state index contributed by atoms with van der Waals surface area (Å²) in [6.07, 6.45) is 2.06. The number of ether oxygens (including phenoxy) is 1. The van der Waals surface area contributed by atoms with Crippen molar-refractivity contribution in [3.05, 3.63) is 41.7 Å². The van der Waals surface area contributed by atoms with E-state index in [4.69, 9.17) is 4.74 Å². The first-order valence-electron chi connectivity index (χ1n) is 6.84. The summed E-state index contributed by atoms with van der Waals surface area (Å²) in [5, 5.41) is 9.90. The van der Waals surface area contributed by atoms with Crippen LogP contribution in [0.25, 0.3) is 0 Å². The Morgan fingerprint density at radius 1 is 1.26 bits per heavy atom. The van der Waals surface area contributed by atoms with Crippen LogP contribution in [-0.2, 0) is 16.2 Å². The molecule has 120 valence electrons. The number of benzene rings is 1. The van der Waals surface area contributed by atoms with E-state index in [1.165, 1.54) is 10.9 Å². The summed E-state index contributed by atoms with van der Waals surface area (Å²) in [4.78, 5) is 22.8. The number of piperidine rings is 1. The lowest BCUT2D eigenvalue weighted by molar-refractivity contribution is -0.136. The zero-order valence-corrected chi connectivity index (χ0v) is 11.8. The number of imide groups is 1. The predicted octanol–water partition coefficient (Wildman–Crippen LogP) is 1.11. The molecule has 1 atom stereocenters. The van der Waals surface area contributed by atoms with Crippen LogP contribution in [0.1, 0.15) is 24.6 Å². The Morgan fingerprint density at radius 3 is 2.70 bits per heavy atom. The molecular weight excluding hydrogens is 310 g/mol. The highest BCUT2D eigenvalue weighted by molar-refractivity contribution is 5.99. The Kier molecular flexibility index (Phi) is 4.00. The van der Waals surface area contributed by atoms with Crippen LogP contribution in [0, 0.1) is 11.6 Å². The van der Waals surface area contributed by atoms with Crippen molar-refractivity contribution in [2.75, 3.05) is 0 Å². The van der Waals surface area contributed by atoms with Gasteiger partial charge in [-0.1, -0.05) is 5.21 Å². The van der Waals surface area contributed by atoms with Gasteiger partial charge in [-0.15, -0.1) is 5.10 Å². The molecule has 1 saturated heterocycles. The summed E-state index contributed by atoms with van der Waals surface area (Å²) in [7, 11) is 0. The Balaban J connectivity index is 1.65. The van der Waals surface area contributed by atoms with Gasteiger partial charge in [-0.3, -0.25) is 14.9 Å². The standard InChI is InChI=1S/C14H12F2N4O3/c15-8-3-9(16)5-11(4-8)23-7-10-6-20(19-18-10)12-1-2-13(21)17-14(12)22/h3-6,12H,1-2,7H2,(H,17,21,22). The number of hydrogen-bond acceptors (Lipinski definition) is 5. The van der Waals surface area contributed by atoms with Gasteiger partial charge in [0.15, 0.2) is 0 Å². The molecule has 2 aromatic rings. The molecule has 0 saturated carbocycles. The normalized spacial score (nSPS) is 17.9. The quantitative estimate of drug-likeness (QED) is 0.852. The smallest absolute Gasteiger partial charge is 0.251 e. The lowest BCUT2D eigenvalue weighted by Crippen LogP contribution is -2.41. The van der Waals surface area contributed by atoms with Crippen molar-refractivity contribution in [1.29, 1.82) is 0 Å². The molecule has 23 heavy (non-hydrogen) atoms. The van der Waals surface area contributed by atoms with E-state index in [1.54, 1.807) is 0 Å². The summed E-state index contributed by atoms with van der Waals surface area (Å²) >= 11 is 0. The van der Waals surface area contributed by atoms with Gasteiger partial charge in [0, 0.05) is 24.6 Å². The van der Waals surface area contributed by atoms with Crippen molar-refractivity contribution in [1.82, 2.24) is 20.3 Å². The number of nitrogens with zero attached hydrogens (tertiary/aromatic N) is 3. The summed E-state index contributed by atoms with van der Waals surface area (Å²) in [5.74, 6) is -2.22. The molecule has 0 bridgehead atoms. The molecule has 1 aromatic heterocycles. The largest absolute Gasteiger partial charge is 0.487 e. The van der Waals surface area contributed by atoms with Crippen molar-refractivity contribution in [2.24, 2.45) is 0 Å². The Bertz CT molecular complexity index is 742. The number of rotatable bonds is 4. The minimum Gasteiger partial charge on any atom is -0.487 e. The first-order valence-corrected chi connectivity index (χ1v) is 6.84. The van der Waals surface area contributed by atoms with Crippen LogP contribution in [0.15, 0.2) is 24.4 Å². The van der Waals surface area contributed by atoms with E-state index in [0.29, 0.717) is 12.1 Å². The fraction of sp³-hybridized carbons (Fsp3) is 0.286. The number of aromatic nitrogens is 3. The number of amides is 2. The number of halogens is 2. The molecular formula is C14H12F2N4O3. The zero-order valence-electron chi connectivity index (χ0n) is 11.8. The average Bonchev–Trinajstić information content (AvgIpc) is 2.93. The van der Waals surface area contributed by atoms with Gasteiger partial charge in [-0.05, 0) is 6.42 Å². The number of nitrogens with one attached hydrogen (secondary N) is 1. The molecule has 1 aliphatic rings. The van der Waals surface area contributed by atoms with Gasteiger partial charge in [-0.25, -0.2) is 13.5 Å². The molecule has 0 spiro atoms. The molecule has 1 fully saturated rings. The van der Waals surface area contributed by atoms with Crippen molar-refractivity contribution in [2.45, 2.75) is 25.5 Å². The van der Waals surface area contributed by atoms with Crippen LogP contribution < -0.4 is 10.1 Å². The van der Waals surface area contributed by atoms with E-state index < -0.39 is 23.6 Å². The molecule has 1 aliphatic heterocycles. The average molecular weight is 322 g/mol. The first-order chi connectivity index (χ1) is 11.0. The van der Waals surface area contributed by atoms with Gasteiger partial charge in [-0.2, -0.15) is 0 Å². The van der Waals surface area contributed by atoms with Crippen molar-refractivity contribution >= 4 is 11.8 Å². The highest BCUT2D eigenvalue weighted by Gasteiger charge is 2.28. The monoisotopic (exact) mass is 322 g/mol. The molecule has 1 aromatic carbocycles. The summed E-state index contributed by atoms with van der Waals surface area (Å²) < 4.78 is 32.7. The van der Waals surface area contributed by atoms with E-state index >= 15 is 0 Å². The van der Waals surface area contributed by atoms with Crippen LogP contribution in [0.3, 0.4) is 0 Å². The fourth-order valence-corrected chi connectivity index (χ4v) is 2.24. The second-order valence-corrected chi connectivity index (χ2v) is 5.05. The fourth-order valence-electron chi connectivity index (χ4n) is 2.24. The molecule has 1 unspecified atom stereocenters. The third kappa shape index (κ3) is 3.50. The van der Waals surface area contributed by atoms with E-state index in [0.717, 1.165) is 18.2 Å². The maximum absolute atomic E-state index is 13.1. The summed E-state index contributed by atoms with van der Waals surface area (Å²) in [6.45, 7) is -0.0594. The van der Waals surface area contributed by atoms with Gasteiger partial charge in [0.1, 0.15) is 35.7 Å². The molecule has 1 N–H and O–H groups in total. The van der Waals surface area contributed by atoms with Gasteiger partial charge in [0.05, 0.1) is 6.20 Å². The van der Waals surface area contributed by atoms with Gasteiger partial charge in [0.25, 0.3) is 5.91 Å². The maximum Gasteiger partial charge on any atom is 0.251 e. The number of carbonyl (C=O) groups excluding carboxylic acids is 2. The summed E-state index contributed by atoms with van der Waals surface area (Å²) in [6, 6.07) is 2.23. The summed E-state index contributed by atoms with van der Waals surface area (Å²) in [5.41, 5.74) is 0.388. The van der Waals surface area contributed by atoms with Gasteiger partial charge >= 0.3 is 0 Å². The van der Waals surface area contributed by atoms with Crippen LogP contribution in [-0.4, -0.2) is 26.8 Å². The SMILES string of the molecule is O=C1CCC(n2cc(COc3cc(F)cc(F)c3)nn2)C(=O)N1. The Morgan fingerprint density at radius 2 is 2.00 bits per heavy atom. The molecule has 2 heterocycles. The highest BCUT2D eigenvalue weighted by Crippen LogP contribution is 2.19. The topological polar surface area (TPSA) is 86.1 Å². The van der Waals surface area contributed by atoms with E-state index in [-0.39, 0.29) is 24.7 Å². The second-order valence-electron chi connectivity index (χ2n) is 5.05. The zero-order chi connectivity index (χ0) is 16.4. The lowest BCUT2D eigenvalue weighted by atomic mass is 10.1.